The van der Waals surface area contributed by atoms with Crippen LogP contribution in [-0.2, 0) is 0 Å². The fourth-order valence-corrected chi connectivity index (χ4v) is 2.54. The molecule has 0 N–H and O–H groups in total. The molecule has 0 saturated heterocycles. The van der Waals surface area contributed by atoms with Crippen molar-refractivity contribution in [2.75, 3.05) is 0 Å². The minimum atomic E-state index is 0.111. The predicted molar refractivity (Wildman–Crippen MR) is 56.6 cm³/mol. The van der Waals surface area contributed by atoms with Crippen LogP contribution in [0.1, 0.15) is 62.1 Å². The molecule has 2 fully saturated rings. The summed E-state index contributed by atoms with van der Waals surface area (Å²) in [5.74, 6) is 2.38. The third-order valence-electron chi connectivity index (χ3n) is 3.70. The third-order valence-corrected chi connectivity index (χ3v) is 3.70. The van der Waals surface area contributed by atoms with Gasteiger partial charge < -0.3 is 4.52 Å². The lowest BCUT2D eigenvalue weighted by Crippen LogP contribution is -2.06. The summed E-state index contributed by atoms with van der Waals surface area (Å²) in [4.78, 5) is 4.47. The summed E-state index contributed by atoms with van der Waals surface area (Å²) in [6.45, 7) is 0. The van der Waals surface area contributed by atoms with Crippen molar-refractivity contribution < 1.29 is 4.52 Å². The van der Waals surface area contributed by atoms with Gasteiger partial charge in [-0.2, -0.15) is 10.2 Å². The summed E-state index contributed by atoms with van der Waals surface area (Å²) in [5.41, 5.74) is 0. The largest absolute Gasteiger partial charge is 0.339 e. The highest BCUT2D eigenvalue weighted by Gasteiger charge is 2.43. The minimum absolute atomic E-state index is 0.111. The average Bonchev–Trinajstić information content (AvgIpc) is 2.98. The highest BCUT2D eigenvalue weighted by Crippen LogP contribution is 2.46. The van der Waals surface area contributed by atoms with Gasteiger partial charge in [0.25, 0.3) is 0 Å². The van der Waals surface area contributed by atoms with Crippen LogP contribution in [-0.4, -0.2) is 10.1 Å². The van der Waals surface area contributed by atoms with Crippen molar-refractivity contribution in [3.63, 3.8) is 0 Å². The molecule has 0 spiro atoms. The Kier molecular flexibility index (Phi) is 2.39. The van der Waals surface area contributed by atoms with Crippen LogP contribution < -0.4 is 0 Å². The van der Waals surface area contributed by atoms with Gasteiger partial charge in [0.15, 0.2) is 5.82 Å². The molecule has 0 aliphatic heterocycles. The van der Waals surface area contributed by atoms with Crippen LogP contribution in [0.3, 0.4) is 0 Å². The Labute approximate surface area is 94.6 Å². The third kappa shape index (κ3) is 1.71. The number of rotatable bonds is 2. The Bertz CT molecular complexity index is 414. The van der Waals surface area contributed by atoms with E-state index in [-0.39, 0.29) is 11.8 Å². The van der Waals surface area contributed by atoms with E-state index in [0.717, 1.165) is 12.2 Å². The zero-order valence-corrected chi connectivity index (χ0v) is 9.22. The smallest absolute Gasteiger partial charge is 0.231 e. The maximum absolute atomic E-state index is 8.75. The maximum atomic E-state index is 8.75. The molecule has 1 aromatic heterocycles. The number of nitriles is 1. The van der Waals surface area contributed by atoms with Crippen molar-refractivity contribution in [3.05, 3.63) is 11.7 Å². The van der Waals surface area contributed by atoms with E-state index in [1.165, 1.54) is 32.1 Å². The molecule has 2 aliphatic rings. The van der Waals surface area contributed by atoms with Crippen molar-refractivity contribution in [1.82, 2.24) is 10.1 Å². The molecule has 2 atom stereocenters. The van der Waals surface area contributed by atoms with Crippen LogP contribution in [0.25, 0.3) is 0 Å². The van der Waals surface area contributed by atoms with Gasteiger partial charge in [0.1, 0.15) is 0 Å². The molecule has 0 radical (unpaired) electrons. The zero-order valence-electron chi connectivity index (χ0n) is 9.22. The van der Waals surface area contributed by atoms with Gasteiger partial charge in [0.2, 0.25) is 5.89 Å². The summed E-state index contributed by atoms with van der Waals surface area (Å²) < 4.78 is 5.26. The first-order valence-corrected chi connectivity index (χ1v) is 6.11. The van der Waals surface area contributed by atoms with E-state index in [1.54, 1.807) is 0 Å². The lowest BCUT2D eigenvalue weighted by molar-refractivity contribution is 0.357. The fourth-order valence-electron chi connectivity index (χ4n) is 2.54. The predicted octanol–water partition coefficient (Wildman–Crippen LogP) is 2.74. The van der Waals surface area contributed by atoms with Gasteiger partial charge in [-0.3, -0.25) is 0 Å². The van der Waals surface area contributed by atoms with Crippen LogP contribution in [0.2, 0.25) is 0 Å². The first kappa shape index (κ1) is 9.83. The maximum Gasteiger partial charge on any atom is 0.231 e. The first-order valence-electron chi connectivity index (χ1n) is 6.11. The normalized spacial score (nSPS) is 29.9. The van der Waals surface area contributed by atoms with E-state index in [2.05, 4.69) is 16.2 Å². The SMILES string of the molecule is N#CC1CC1c1nc(C2CCCCC2)no1. The molecule has 1 aromatic rings. The van der Waals surface area contributed by atoms with Crippen LogP contribution >= 0.6 is 0 Å². The van der Waals surface area contributed by atoms with Crippen molar-refractivity contribution in [2.45, 2.75) is 50.4 Å². The number of aromatic nitrogens is 2. The molecule has 16 heavy (non-hydrogen) atoms. The molecule has 2 aliphatic carbocycles. The molecule has 4 nitrogen and oxygen atoms in total. The van der Waals surface area contributed by atoms with E-state index in [0.29, 0.717) is 11.8 Å². The second-order valence-corrected chi connectivity index (χ2v) is 4.90. The van der Waals surface area contributed by atoms with Gasteiger partial charge in [-0.25, -0.2) is 0 Å². The van der Waals surface area contributed by atoms with Crippen LogP contribution in [0.5, 0.6) is 0 Å². The molecule has 2 saturated carbocycles. The van der Waals surface area contributed by atoms with Crippen LogP contribution in [0, 0.1) is 17.2 Å². The summed E-state index contributed by atoms with van der Waals surface area (Å²) >= 11 is 0. The Morgan fingerprint density at radius 3 is 2.75 bits per heavy atom. The zero-order chi connectivity index (χ0) is 11.0. The van der Waals surface area contributed by atoms with E-state index in [1.807, 2.05) is 0 Å². The second kappa shape index (κ2) is 3.89. The van der Waals surface area contributed by atoms with Gasteiger partial charge in [-0.1, -0.05) is 24.4 Å². The molecule has 2 unspecified atom stereocenters. The fraction of sp³-hybridized carbons (Fsp3) is 0.750. The number of nitrogens with zero attached hydrogens (tertiary/aromatic N) is 3. The summed E-state index contributed by atoms with van der Waals surface area (Å²) in [6, 6.07) is 2.25. The molecule has 4 heteroatoms. The van der Waals surface area contributed by atoms with E-state index in [4.69, 9.17) is 9.78 Å². The molecule has 84 valence electrons. The van der Waals surface area contributed by atoms with E-state index in [9.17, 15) is 0 Å². The molecule has 1 heterocycles. The summed E-state index contributed by atoms with van der Waals surface area (Å²) in [7, 11) is 0. The lowest BCUT2D eigenvalue weighted by atomic mass is 9.89. The summed E-state index contributed by atoms with van der Waals surface area (Å²) in [5, 5.41) is 12.8. The standard InChI is InChI=1S/C12H15N3O/c13-7-9-6-10(9)12-14-11(15-16-12)8-4-2-1-3-5-8/h8-10H,1-6H2. The van der Waals surface area contributed by atoms with Gasteiger partial charge in [0.05, 0.1) is 17.9 Å². The Morgan fingerprint density at radius 2 is 2.06 bits per heavy atom. The average molecular weight is 217 g/mol. The summed E-state index contributed by atoms with van der Waals surface area (Å²) in [6.07, 6.45) is 7.15. The Balaban J connectivity index is 1.70. The highest BCUT2D eigenvalue weighted by atomic mass is 16.5. The number of hydrogen-bond acceptors (Lipinski definition) is 4. The minimum Gasteiger partial charge on any atom is -0.339 e. The van der Waals surface area contributed by atoms with Gasteiger partial charge in [-0.15, -0.1) is 0 Å². The second-order valence-electron chi connectivity index (χ2n) is 4.90. The van der Waals surface area contributed by atoms with Crippen LogP contribution in [0.4, 0.5) is 0 Å². The van der Waals surface area contributed by atoms with Crippen molar-refractivity contribution >= 4 is 0 Å². The Hall–Kier alpha value is -1.37. The molecular weight excluding hydrogens is 202 g/mol. The quantitative estimate of drug-likeness (QED) is 0.764. The molecule has 3 rings (SSSR count). The molecule has 0 aromatic carbocycles. The van der Waals surface area contributed by atoms with Gasteiger partial charge in [-0.05, 0) is 19.3 Å². The van der Waals surface area contributed by atoms with Crippen molar-refractivity contribution in [1.29, 1.82) is 5.26 Å². The first-order chi connectivity index (χ1) is 7.88. The molecular formula is C12H15N3O. The Morgan fingerprint density at radius 1 is 1.25 bits per heavy atom. The van der Waals surface area contributed by atoms with E-state index >= 15 is 0 Å². The van der Waals surface area contributed by atoms with Gasteiger partial charge >= 0.3 is 0 Å². The molecule has 0 bridgehead atoms. The monoisotopic (exact) mass is 217 g/mol. The lowest BCUT2D eigenvalue weighted by Gasteiger charge is -2.17. The van der Waals surface area contributed by atoms with Crippen molar-refractivity contribution in [2.24, 2.45) is 5.92 Å². The highest BCUT2D eigenvalue weighted by molar-refractivity contribution is 5.16. The molecule has 0 amide bonds. The topological polar surface area (TPSA) is 62.7 Å². The van der Waals surface area contributed by atoms with Crippen molar-refractivity contribution in [3.8, 4) is 6.07 Å². The number of hydrogen-bond donors (Lipinski definition) is 0. The van der Waals surface area contributed by atoms with E-state index < -0.39 is 0 Å². The van der Waals surface area contributed by atoms with Gasteiger partial charge in [0, 0.05) is 5.92 Å². The van der Waals surface area contributed by atoms with Crippen LogP contribution in [0.15, 0.2) is 4.52 Å².